The smallest absolute Gasteiger partial charge is 0.324 e. The summed E-state index contributed by atoms with van der Waals surface area (Å²) in [7, 11) is 0. The maximum Gasteiger partial charge on any atom is 0.442 e. The van der Waals surface area contributed by atoms with Crippen LogP contribution in [0.25, 0.3) is 0 Å². The summed E-state index contributed by atoms with van der Waals surface area (Å²) in [6.45, 7) is 1.76. The SMILES string of the molecule is CC(N)c1ccc(C2(C(F)(F)F)N=N2)cc1.Cl. The third-order valence-corrected chi connectivity index (χ3v) is 2.53. The van der Waals surface area contributed by atoms with E-state index in [1.807, 2.05) is 0 Å². The summed E-state index contributed by atoms with van der Waals surface area (Å²) < 4.78 is 37.9. The van der Waals surface area contributed by atoms with Crippen molar-refractivity contribution in [2.24, 2.45) is 16.0 Å². The molecule has 1 aromatic carbocycles. The molecule has 2 N–H and O–H groups in total. The van der Waals surface area contributed by atoms with E-state index in [9.17, 15) is 13.2 Å². The van der Waals surface area contributed by atoms with Crippen LogP contribution >= 0.6 is 12.4 Å². The Balaban J connectivity index is 0.00000144. The topological polar surface area (TPSA) is 50.7 Å². The highest BCUT2D eigenvalue weighted by Crippen LogP contribution is 2.52. The molecule has 2 rings (SSSR count). The number of hydrogen-bond donors (Lipinski definition) is 1. The predicted molar refractivity (Wildman–Crippen MR) is 58.9 cm³/mol. The minimum atomic E-state index is -4.47. The Morgan fingerprint density at radius 2 is 1.65 bits per heavy atom. The van der Waals surface area contributed by atoms with Gasteiger partial charge in [0.15, 0.2) is 0 Å². The van der Waals surface area contributed by atoms with Gasteiger partial charge in [-0.2, -0.15) is 13.2 Å². The van der Waals surface area contributed by atoms with E-state index in [4.69, 9.17) is 5.73 Å². The van der Waals surface area contributed by atoms with Crippen molar-refractivity contribution in [2.75, 3.05) is 0 Å². The first kappa shape index (κ1) is 13.9. The number of alkyl halides is 3. The lowest BCUT2D eigenvalue weighted by molar-refractivity contribution is -0.166. The highest BCUT2D eigenvalue weighted by atomic mass is 35.5. The van der Waals surface area contributed by atoms with Crippen LogP contribution in [-0.2, 0) is 5.66 Å². The van der Waals surface area contributed by atoms with Crippen LogP contribution in [0.5, 0.6) is 0 Å². The molecule has 1 heterocycles. The first-order valence-corrected chi connectivity index (χ1v) is 4.73. The van der Waals surface area contributed by atoms with E-state index in [-0.39, 0.29) is 24.0 Å². The zero-order valence-corrected chi connectivity index (χ0v) is 9.72. The van der Waals surface area contributed by atoms with Crippen molar-refractivity contribution in [3.8, 4) is 0 Å². The molecule has 0 bridgehead atoms. The van der Waals surface area contributed by atoms with Crippen molar-refractivity contribution in [2.45, 2.75) is 24.8 Å². The summed E-state index contributed by atoms with van der Waals surface area (Å²) in [5.41, 5.74) is 4.09. The van der Waals surface area contributed by atoms with Gasteiger partial charge in [-0.1, -0.05) is 24.3 Å². The summed E-state index contributed by atoms with van der Waals surface area (Å²) in [6, 6.07) is 5.66. The third kappa shape index (κ3) is 2.28. The summed E-state index contributed by atoms with van der Waals surface area (Å²) in [5, 5.41) is 6.24. The maximum absolute atomic E-state index is 12.6. The van der Waals surface area contributed by atoms with Crippen LogP contribution < -0.4 is 5.73 Å². The molecular weight excluding hydrogens is 255 g/mol. The van der Waals surface area contributed by atoms with Gasteiger partial charge in [-0.25, -0.2) is 0 Å². The van der Waals surface area contributed by atoms with Gasteiger partial charge in [-0.15, -0.1) is 22.6 Å². The molecule has 17 heavy (non-hydrogen) atoms. The van der Waals surface area contributed by atoms with Gasteiger partial charge < -0.3 is 5.73 Å². The summed E-state index contributed by atoms with van der Waals surface area (Å²) >= 11 is 0. The molecule has 1 aliphatic rings. The molecule has 1 aliphatic heterocycles. The molecule has 1 atom stereocenters. The molecule has 0 aromatic heterocycles. The molecule has 3 nitrogen and oxygen atoms in total. The van der Waals surface area contributed by atoms with E-state index in [1.165, 1.54) is 12.1 Å². The van der Waals surface area contributed by atoms with Crippen LogP contribution in [0.1, 0.15) is 24.1 Å². The number of benzene rings is 1. The molecule has 94 valence electrons. The second-order valence-corrected chi connectivity index (χ2v) is 3.78. The fourth-order valence-electron chi connectivity index (χ4n) is 1.46. The Morgan fingerprint density at radius 3 is 1.94 bits per heavy atom. The summed E-state index contributed by atoms with van der Waals surface area (Å²) in [4.78, 5) is 0. The van der Waals surface area contributed by atoms with Crippen molar-refractivity contribution in [3.63, 3.8) is 0 Å². The number of hydrogen-bond acceptors (Lipinski definition) is 3. The molecule has 0 fully saturated rings. The zero-order chi connectivity index (χ0) is 12.0. The largest absolute Gasteiger partial charge is 0.442 e. The molecule has 0 saturated heterocycles. The van der Waals surface area contributed by atoms with Crippen LogP contribution in [-0.4, -0.2) is 6.18 Å². The number of nitrogens with zero attached hydrogens (tertiary/aromatic N) is 2. The second kappa shape index (κ2) is 4.27. The molecular formula is C10H11ClF3N3. The van der Waals surface area contributed by atoms with Crippen LogP contribution in [0, 0.1) is 0 Å². The van der Waals surface area contributed by atoms with Gasteiger partial charge in [0.2, 0.25) is 0 Å². The number of nitrogens with two attached hydrogens (primary N) is 1. The molecule has 0 amide bonds. The van der Waals surface area contributed by atoms with Gasteiger partial charge in [-0.3, -0.25) is 0 Å². The second-order valence-electron chi connectivity index (χ2n) is 3.78. The summed E-state index contributed by atoms with van der Waals surface area (Å²) in [5.74, 6) is 0. The van der Waals surface area contributed by atoms with Crippen LogP contribution in [0.15, 0.2) is 34.5 Å². The van der Waals surface area contributed by atoms with Crippen molar-refractivity contribution in [3.05, 3.63) is 35.4 Å². The van der Waals surface area contributed by atoms with Crippen molar-refractivity contribution >= 4 is 12.4 Å². The van der Waals surface area contributed by atoms with Gasteiger partial charge in [-0.05, 0) is 12.5 Å². The Bertz CT molecular complexity index is 419. The minimum Gasteiger partial charge on any atom is -0.324 e. The van der Waals surface area contributed by atoms with E-state index in [0.29, 0.717) is 0 Å². The van der Waals surface area contributed by atoms with Gasteiger partial charge in [0.05, 0.1) is 0 Å². The molecule has 0 radical (unpaired) electrons. The third-order valence-electron chi connectivity index (χ3n) is 2.53. The lowest BCUT2D eigenvalue weighted by atomic mass is 9.99. The molecule has 1 unspecified atom stereocenters. The standard InChI is InChI=1S/C10H10F3N3.ClH/c1-6(14)7-2-4-8(5-3-7)9(15-16-9)10(11,12)13;/h2-6H,14H2,1H3;1H. The lowest BCUT2D eigenvalue weighted by Crippen LogP contribution is -2.30. The highest BCUT2D eigenvalue weighted by molar-refractivity contribution is 5.85. The van der Waals surface area contributed by atoms with Gasteiger partial charge in [0.25, 0.3) is 0 Å². The van der Waals surface area contributed by atoms with Gasteiger partial charge >= 0.3 is 11.8 Å². The molecule has 0 aliphatic carbocycles. The fraction of sp³-hybridized carbons (Fsp3) is 0.400. The number of halogens is 4. The Morgan fingerprint density at radius 1 is 1.18 bits per heavy atom. The van der Waals surface area contributed by atoms with Gasteiger partial charge in [0.1, 0.15) is 0 Å². The molecule has 0 saturated carbocycles. The summed E-state index contributed by atoms with van der Waals surface area (Å²) in [6.07, 6.45) is -4.47. The van der Waals surface area contributed by atoms with Crippen LogP contribution in [0.2, 0.25) is 0 Å². The monoisotopic (exact) mass is 265 g/mol. The van der Waals surface area contributed by atoms with Crippen LogP contribution in [0.4, 0.5) is 13.2 Å². The Labute approximate surface area is 102 Å². The van der Waals surface area contributed by atoms with E-state index in [1.54, 1.807) is 19.1 Å². The quantitative estimate of drug-likeness (QED) is 0.876. The first-order valence-electron chi connectivity index (χ1n) is 4.73. The number of rotatable bonds is 2. The van der Waals surface area contributed by atoms with Gasteiger partial charge in [0, 0.05) is 11.6 Å². The van der Waals surface area contributed by atoms with E-state index in [0.717, 1.165) is 5.56 Å². The van der Waals surface area contributed by atoms with E-state index >= 15 is 0 Å². The Hall–Kier alpha value is -1.14. The fourth-order valence-corrected chi connectivity index (χ4v) is 1.46. The van der Waals surface area contributed by atoms with Crippen molar-refractivity contribution in [1.82, 2.24) is 0 Å². The maximum atomic E-state index is 12.6. The minimum absolute atomic E-state index is 0. The normalized spacial score (nSPS) is 18.4. The molecule has 7 heteroatoms. The average Bonchev–Trinajstić information content (AvgIpc) is 2.97. The van der Waals surface area contributed by atoms with Crippen LogP contribution in [0.3, 0.4) is 0 Å². The van der Waals surface area contributed by atoms with E-state index < -0.39 is 11.8 Å². The Kier molecular flexibility index (Phi) is 3.50. The van der Waals surface area contributed by atoms with Crippen molar-refractivity contribution in [1.29, 1.82) is 0 Å². The lowest BCUT2D eigenvalue weighted by Gasteiger charge is -2.15. The molecule has 1 aromatic rings. The van der Waals surface area contributed by atoms with Crippen molar-refractivity contribution < 1.29 is 13.2 Å². The zero-order valence-electron chi connectivity index (χ0n) is 8.90. The highest BCUT2D eigenvalue weighted by Gasteiger charge is 2.65. The predicted octanol–water partition coefficient (Wildman–Crippen LogP) is 3.31. The van der Waals surface area contributed by atoms with E-state index in [2.05, 4.69) is 10.2 Å². The average molecular weight is 266 g/mol. The molecule has 0 spiro atoms. The first-order chi connectivity index (χ1) is 7.37.